The highest BCUT2D eigenvalue weighted by Crippen LogP contribution is 2.46. The van der Waals surface area contributed by atoms with Gasteiger partial charge in [0.1, 0.15) is 5.00 Å². The molecule has 0 unspecified atom stereocenters. The molecule has 0 spiro atoms. The lowest BCUT2D eigenvalue weighted by Crippen LogP contribution is -2.28. The molecule has 0 aromatic carbocycles. The van der Waals surface area contributed by atoms with Gasteiger partial charge in [-0.3, -0.25) is 4.79 Å². The Kier molecular flexibility index (Phi) is 5.52. The average molecular weight is 308 g/mol. The lowest BCUT2D eigenvalue weighted by molar-refractivity contribution is -0.115. The van der Waals surface area contributed by atoms with Gasteiger partial charge in [-0.2, -0.15) is 0 Å². The smallest absolute Gasteiger partial charge is 0.341 e. The second-order valence-electron chi connectivity index (χ2n) is 4.86. The zero-order valence-corrected chi connectivity index (χ0v) is 12.9. The lowest BCUT2D eigenvalue weighted by Gasteiger charge is -2.08. The van der Waals surface area contributed by atoms with Gasteiger partial charge >= 0.3 is 5.97 Å². The lowest BCUT2D eigenvalue weighted by atomic mass is 10.1. The molecule has 6 heteroatoms. The maximum Gasteiger partial charge on any atom is 0.341 e. The molecule has 1 aromatic heterocycles. The Hall–Kier alpha value is -1.66. The molecule has 1 saturated carbocycles. The quantitative estimate of drug-likeness (QED) is 0.440. The second-order valence-corrected chi connectivity index (χ2v) is 5.74. The second kappa shape index (κ2) is 7.38. The van der Waals surface area contributed by atoms with Crippen molar-refractivity contribution >= 4 is 28.2 Å². The number of anilines is 1. The van der Waals surface area contributed by atoms with E-state index in [0.29, 0.717) is 29.6 Å². The van der Waals surface area contributed by atoms with Crippen LogP contribution in [-0.2, 0) is 9.53 Å². The maximum atomic E-state index is 12.1. The molecule has 21 heavy (non-hydrogen) atoms. The first-order valence-corrected chi connectivity index (χ1v) is 7.95. The van der Waals surface area contributed by atoms with Crippen LogP contribution < -0.4 is 10.6 Å². The van der Waals surface area contributed by atoms with Crippen molar-refractivity contribution < 1.29 is 14.3 Å². The number of hydrogen-bond acceptors (Lipinski definition) is 5. The van der Waals surface area contributed by atoms with Crippen molar-refractivity contribution in [3.63, 3.8) is 0 Å². The van der Waals surface area contributed by atoms with Gasteiger partial charge in [-0.15, -0.1) is 17.9 Å². The molecule has 5 nitrogen and oxygen atoms in total. The number of esters is 1. The summed E-state index contributed by atoms with van der Waals surface area (Å²) >= 11 is 1.39. The minimum Gasteiger partial charge on any atom is -0.462 e. The number of hydrogen-bond donors (Lipinski definition) is 2. The molecular weight excluding hydrogens is 288 g/mol. The molecule has 0 radical (unpaired) electrons. The highest BCUT2D eigenvalue weighted by Gasteiger charge is 2.32. The number of amides is 1. The Morgan fingerprint density at radius 2 is 2.29 bits per heavy atom. The van der Waals surface area contributed by atoms with E-state index in [4.69, 9.17) is 4.74 Å². The monoisotopic (exact) mass is 308 g/mol. The van der Waals surface area contributed by atoms with Crippen LogP contribution in [0.5, 0.6) is 0 Å². The maximum absolute atomic E-state index is 12.1. The first-order chi connectivity index (χ1) is 10.2. The fraction of sp³-hybridized carbons (Fsp3) is 0.467. The summed E-state index contributed by atoms with van der Waals surface area (Å²) in [5.74, 6) is -0.0909. The largest absolute Gasteiger partial charge is 0.462 e. The molecule has 114 valence electrons. The molecular formula is C15H20N2O3S. The van der Waals surface area contributed by atoms with Crippen molar-refractivity contribution in [2.45, 2.75) is 25.7 Å². The highest BCUT2D eigenvalue weighted by atomic mass is 32.1. The van der Waals surface area contributed by atoms with Gasteiger partial charge < -0.3 is 15.4 Å². The number of carbonyl (C=O) groups is 2. The van der Waals surface area contributed by atoms with Crippen LogP contribution in [0, 0.1) is 0 Å². The van der Waals surface area contributed by atoms with Gasteiger partial charge in [0.25, 0.3) is 0 Å². The standard InChI is InChI=1S/C15H20N2O3S/c1-3-7-16-8-12(18)17-14-13(15(19)20-4-2)11(9-21-14)10-5-6-10/h3,9-10,16H,1,4-8H2,2H3,(H,17,18). The number of ether oxygens (including phenoxy) is 1. The minimum absolute atomic E-state index is 0.174. The van der Waals surface area contributed by atoms with E-state index >= 15 is 0 Å². The summed E-state index contributed by atoms with van der Waals surface area (Å²) in [7, 11) is 0. The van der Waals surface area contributed by atoms with Crippen LogP contribution in [0.3, 0.4) is 0 Å². The summed E-state index contributed by atoms with van der Waals surface area (Å²) in [6.07, 6.45) is 3.88. The van der Waals surface area contributed by atoms with Crippen molar-refractivity contribution in [2.75, 3.05) is 25.0 Å². The van der Waals surface area contributed by atoms with E-state index in [1.54, 1.807) is 13.0 Å². The number of carbonyl (C=O) groups excluding carboxylic acids is 2. The zero-order chi connectivity index (χ0) is 15.2. The third-order valence-electron chi connectivity index (χ3n) is 3.14. The molecule has 1 aliphatic rings. The molecule has 1 amide bonds. The van der Waals surface area contributed by atoms with Crippen LogP contribution in [0.25, 0.3) is 0 Å². The molecule has 1 aliphatic carbocycles. The van der Waals surface area contributed by atoms with E-state index in [0.717, 1.165) is 18.4 Å². The molecule has 1 heterocycles. The van der Waals surface area contributed by atoms with Gasteiger partial charge in [0.05, 0.1) is 18.7 Å². The average Bonchev–Trinajstić information content (AvgIpc) is 3.21. The van der Waals surface area contributed by atoms with E-state index < -0.39 is 0 Å². The fourth-order valence-corrected chi connectivity index (χ4v) is 3.08. The van der Waals surface area contributed by atoms with Crippen molar-refractivity contribution in [3.05, 3.63) is 29.2 Å². The van der Waals surface area contributed by atoms with Crippen LogP contribution in [0.4, 0.5) is 5.00 Å². The van der Waals surface area contributed by atoms with Crippen molar-refractivity contribution in [1.82, 2.24) is 5.32 Å². The molecule has 2 rings (SSSR count). The first kappa shape index (κ1) is 15.7. The molecule has 0 bridgehead atoms. The summed E-state index contributed by atoms with van der Waals surface area (Å²) in [4.78, 5) is 24.0. The van der Waals surface area contributed by atoms with Crippen LogP contribution in [0.2, 0.25) is 0 Å². The summed E-state index contributed by atoms with van der Waals surface area (Å²) in [6.45, 7) is 6.43. The third-order valence-corrected chi connectivity index (χ3v) is 4.06. The minimum atomic E-state index is -0.352. The molecule has 1 fully saturated rings. The molecule has 0 aliphatic heterocycles. The van der Waals surface area contributed by atoms with Crippen LogP contribution in [0.1, 0.15) is 41.6 Å². The van der Waals surface area contributed by atoms with Gasteiger partial charge in [-0.25, -0.2) is 4.79 Å². The molecule has 0 saturated heterocycles. The van der Waals surface area contributed by atoms with Crippen molar-refractivity contribution in [1.29, 1.82) is 0 Å². The van der Waals surface area contributed by atoms with Crippen LogP contribution in [0.15, 0.2) is 18.0 Å². The fourth-order valence-electron chi connectivity index (χ4n) is 2.03. The van der Waals surface area contributed by atoms with Gasteiger partial charge in [-0.1, -0.05) is 6.08 Å². The predicted octanol–water partition coefficient (Wildman–Crippen LogP) is 2.52. The summed E-state index contributed by atoms with van der Waals surface area (Å²) < 4.78 is 5.11. The Morgan fingerprint density at radius 1 is 1.52 bits per heavy atom. The van der Waals surface area contributed by atoms with E-state index in [1.165, 1.54) is 11.3 Å². The Bertz CT molecular complexity index is 535. The summed E-state index contributed by atoms with van der Waals surface area (Å²) in [5.41, 5.74) is 1.54. The first-order valence-electron chi connectivity index (χ1n) is 7.07. The van der Waals surface area contributed by atoms with Gasteiger partial charge in [0.15, 0.2) is 0 Å². The van der Waals surface area contributed by atoms with Crippen molar-refractivity contribution in [3.8, 4) is 0 Å². The van der Waals surface area contributed by atoms with Gasteiger partial charge in [0, 0.05) is 6.54 Å². The number of thiophene rings is 1. The summed E-state index contributed by atoms with van der Waals surface area (Å²) in [6, 6.07) is 0. The van der Waals surface area contributed by atoms with Gasteiger partial charge in [-0.05, 0) is 36.6 Å². The zero-order valence-electron chi connectivity index (χ0n) is 12.1. The number of nitrogens with one attached hydrogen (secondary N) is 2. The number of rotatable bonds is 8. The highest BCUT2D eigenvalue weighted by molar-refractivity contribution is 7.15. The van der Waals surface area contributed by atoms with E-state index in [1.807, 2.05) is 5.38 Å². The van der Waals surface area contributed by atoms with E-state index in [9.17, 15) is 9.59 Å². The van der Waals surface area contributed by atoms with Crippen LogP contribution >= 0.6 is 11.3 Å². The predicted molar refractivity (Wildman–Crippen MR) is 83.9 cm³/mol. The molecule has 0 atom stereocenters. The molecule has 1 aromatic rings. The van der Waals surface area contributed by atoms with Crippen LogP contribution in [-0.4, -0.2) is 31.6 Å². The Morgan fingerprint density at radius 3 is 2.90 bits per heavy atom. The third kappa shape index (κ3) is 4.15. The Balaban J connectivity index is 2.09. The van der Waals surface area contributed by atoms with Crippen molar-refractivity contribution in [2.24, 2.45) is 0 Å². The Labute approximate surface area is 128 Å². The normalized spacial score (nSPS) is 13.8. The summed E-state index contributed by atoms with van der Waals surface area (Å²) in [5, 5.41) is 8.26. The van der Waals surface area contributed by atoms with E-state index in [-0.39, 0.29) is 18.4 Å². The topological polar surface area (TPSA) is 67.4 Å². The van der Waals surface area contributed by atoms with E-state index in [2.05, 4.69) is 17.2 Å². The SMILES string of the molecule is C=CCNCC(=O)Nc1scc(C2CC2)c1C(=O)OCC. The van der Waals surface area contributed by atoms with Gasteiger partial charge in [0.2, 0.25) is 5.91 Å². The molecule has 2 N–H and O–H groups in total.